The first-order valence-electron chi connectivity index (χ1n) is 9.57. The van der Waals surface area contributed by atoms with Crippen LogP contribution in [-0.2, 0) is 0 Å². The number of fused-ring (bicyclic) bond motifs is 1. The highest BCUT2D eigenvalue weighted by Crippen LogP contribution is 2.41. The highest BCUT2D eigenvalue weighted by Gasteiger charge is 2.33. The van der Waals surface area contributed by atoms with Gasteiger partial charge in [-0.1, -0.05) is 60.7 Å². The van der Waals surface area contributed by atoms with E-state index in [0.717, 1.165) is 22.8 Å². The molecular weight excluding hydrogens is 330 g/mol. The van der Waals surface area contributed by atoms with Gasteiger partial charge in [-0.25, -0.2) is 0 Å². The SMILES string of the molecule is CC1(C)C=C(c2ccccc2-c2ccc(O)c3ccccc23)CC(C)(C)N1. The van der Waals surface area contributed by atoms with Crippen LogP contribution in [0, 0.1) is 0 Å². The first-order chi connectivity index (χ1) is 12.8. The van der Waals surface area contributed by atoms with Crippen LogP contribution >= 0.6 is 0 Å². The van der Waals surface area contributed by atoms with Crippen LogP contribution in [0.4, 0.5) is 0 Å². The van der Waals surface area contributed by atoms with Gasteiger partial charge in [0.25, 0.3) is 0 Å². The standard InChI is InChI=1S/C25H27NO/c1-24(2)15-17(16-25(3,4)26-24)18-9-5-6-10-19(18)21-13-14-23(27)22-12-8-7-11-20(21)22/h5-15,26-27H,16H2,1-4H3. The van der Waals surface area contributed by atoms with Crippen molar-refractivity contribution in [2.24, 2.45) is 0 Å². The number of hydrogen-bond donors (Lipinski definition) is 2. The minimum Gasteiger partial charge on any atom is -0.507 e. The summed E-state index contributed by atoms with van der Waals surface area (Å²) in [6.45, 7) is 8.99. The monoisotopic (exact) mass is 357 g/mol. The van der Waals surface area contributed by atoms with Crippen molar-refractivity contribution in [1.82, 2.24) is 5.32 Å². The van der Waals surface area contributed by atoms with E-state index in [1.807, 2.05) is 24.3 Å². The zero-order valence-corrected chi connectivity index (χ0v) is 16.5. The number of hydrogen-bond acceptors (Lipinski definition) is 2. The number of benzene rings is 3. The fourth-order valence-corrected chi connectivity index (χ4v) is 4.60. The summed E-state index contributed by atoms with van der Waals surface area (Å²) in [5.74, 6) is 0.329. The van der Waals surface area contributed by atoms with E-state index in [9.17, 15) is 5.11 Å². The van der Waals surface area contributed by atoms with Gasteiger partial charge in [-0.15, -0.1) is 0 Å². The maximum Gasteiger partial charge on any atom is 0.123 e. The molecule has 2 nitrogen and oxygen atoms in total. The number of phenolic OH excluding ortho intramolecular Hbond substituents is 1. The van der Waals surface area contributed by atoms with Gasteiger partial charge in [-0.2, -0.15) is 0 Å². The summed E-state index contributed by atoms with van der Waals surface area (Å²) < 4.78 is 0. The largest absolute Gasteiger partial charge is 0.507 e. The molecule has 1 aliphatic rings. The van der Waals surface area contributed by atoms with Gasteiger partial charge >= 0.3 is 0 Å². The topological polar surface area (TPSA) is 32.3 Å². The van der Waals surface area contributed by atoms with E-state index in [4.69, 9.17) is 0 Å². The molecule has 4 rings (SSSR count). The van der Waals surface area contributed by atoms with Crippen LogP contribution in [0.25, 0.3) is 27.5 Å². The van der Waals surface area contributed by atoms with E-state index >= 15 is 0 Å². The van der Waals surface area contributed by atoms with Gasteiger partial charge in [0.2, 0.25) is 0 Å². The fraction of sp³-hybridized carbons (Fsp3) is 0.280. The Balaban J connectivity index is 1.94. The molecule has 0 bridgehead atoms. The van der Waals surface area contributed by atoms with Gasteiger partial charge in [0.15, 0.2) is 0 Å². The lowest BCUT2D eigenvalue weighted by Gasteiger charge is -2.41. The second kappa shape index (κ2) is 6.24. The summed E-state index contributed by atoms with van der Waals surface area (Å²) in [5.41, 5.74) is 5.01. The summed E-state index contributed by atoms with van der Waals surface area (Å²) in [6.07, 6.45) is 3.34. The fourth-order valence-electron chi connectivity index (χ4n) is 4.60. The van der Waals surface area contributed by atoms with E-state index < -0.39 is 0 Å². The van der Waals surface area contributed by atoms with Gasteiger partial charge in [0, 0.05) is 16.5 Å². The zero-order chi connectivity index (χ0) is 19.2. The van der Waals surface area contributed by atoms with E-state index in [2.05, 4.69) is 69.4 Å². The molecular formula is C25H27NO. The Morgan fingerprint density at radius 1 is 0.741 bits per heavy atom. The summed E-state index contributed by atoms with van der Waals surface area (Å²) in [7, 11) is 0. The normalized spacial score (nSPS) is 18.3. The van der Waals surface area contributed by atoms with Crippen molar-refractivity contribution in [3.8, 4) is 16.9 Å². The summed E-state index contributed by atoms with van der Waals surface area (Å²) >= 11 is 0. The Morgan fingerprint density at radius 2 is 1.37 bits per heavy atom. The van der Waals surface area contributed by atoms with Crippen molar-refractivity contribution in [1.29, 1.82) is 0 Å². The van der Waals surface area contributed by atoms with Crippen molar-refractivity contribution in [3.63, 3.8) is 0 Å². The lowest BCUT2D eigenvalue weighted by Crippen LogP contribution is -2.53. The highest BCUT2D eigenvalue weighted by molar-refractivity contribution is 6.02. The van der Waals surface area contributed by atoms with Crippen molar-refractivity contribution in [3.05, 3.63) is 72.3 Å². The third-order valence-corrected chi connectivity index (χ3v) is 5.29. The minimum atomic E-state index is -0.0543. The van der Waals surface area contributed by atoms with Gasteiger partial charge < -0.3 is 10.4 Å². The summed E-state index contributed by atoms with van der Waals surface area (Å²) in [5, 5.41) is 16.0. The van der Waals surface area contributed by atoms with Crippen LogP contribution in [0.1, 0.15) is 39.7 Å². The molecule has 0 radical (unpaired) electrons. The number of aromatic hydroxyl groups is 1. The third-order valence-electron chi connectivity index (χ3n) is 5.29. The highest BCUT2D eigenvalue weighted by atomic mass is 16.3. The molecule has 27 heavy (non-hydrogen) atoms. The quantitative estimate of drug-likeness (QED) is 0.577. The average molecular weight is 357 g/mol. The van der Waals surface area contributed by atoms with Gasteiger partial charge in [0.05, 0.1) is 0 Å². The van der Waals surface area contributed by atoms with Crippen LogP contribution in [0.2, 0.25) is 0 Å². The molecule has 0 fully saturated rings. The molecule has 0 atom stereocenters. The number of nitrogens with one attached hydrogen (secondary N) is 1. The number of rotatable bonds is 2. The van der Waals surface area contributed by atoms with Crippen molar-refractivity contribution in [2.45, 2.75) is 45.2 Å². The van der Waals surface area contributed by atoms with E-state index in [1.54, 1.807) is 6.07 Å². The van der Waals surface area contributed by atoms with Gasteiger partial charge in [-0.05, 0) is 67.8 Å². The molecule has 1 aliphatic heterocycles. The van der Waals surface area contributed by atoms with Crippen molar-refractivity contribution < 1.29 is 5.11 Å². The molecule has 2 heteroatoms. The molecule has 0 aromatic heterocycles. The molecule has 0 saturated heterocycles. The molecule has 138 valence electrons. The first-order valence-corrected chi connectivity index (χ1v) is 9.57. The Labute approximate surface area is 161 Å². The second-order valence-corrected chi connectivity index (χ2v) is 8.80. The Morgan fingerprint density at radius 3 is 2.07 bits per heavy atom. The minimum absolute atomic E-state index is 0.0394. The predicted octanol–water partition coefficient (Wildman–Crippen LogP) is 6.15. The second-order valence-electron chi connectivity index (χ2n) is 8.80. The molecule has 2 N–H and O–H groups in total. The Kier molecular flexibility index (Phi) is 4.12. The zero-order valence-electron chi connectivity index (χ0n) is 16.5. The van der Waals surface area contributed by atoms with Gasteiger partial charge in [-0.3, -0.25) is 0 Å². The summed E-state index contributed by atoms with van der Waals surface area (Å²) in [4.78, 5) is 0. The maximum absolute atomic E-state index is 10.3. The lowest BCUT2D eigenvalue weighted by molar-refractivity contribution is 0.297. The summed E-state index contributed by atoms with van der Waals surface area (Å²) in [6, 6.07) is 20.5. The van der Waals surface area contributed by atoms with Crippen LogP contribution in [0.3, 0.4) is 0 Å². The predicted molar refractivity (Wildman–Crippen MR) is 115 cm³/mol. The van der Waals surface area contributed by atoms with E-state index in [1.165, 1.54) is 16.7 Å². The molecule has 0 spiro atoms. The number of phenols is 1. The van der Waals surface area contributed by atoms with Crippen molar-refractivity contribution in [2.75, 3.05) is 0 Å². The van der Waals surface area contributed by atoms with Gasteiger partial charge in [0.1, 0.15) is 5.75 Å². The van der Waals surface area contributed by atoms with Crippen molar-refractivity contribution >= 4 is 16.3 Å². The molecule has 0 aliphatic carbocycles. The molecule has 0 saturated carbocycles. The average Bonchev–Trinajstić information content (AvgIpc) is 2.60. The van der Waals surface area contributed by atoms with E-state index in [0.29, 0.717) is 5.75 Å². The Hall–Kier alpha value is -2.58. The molecule has 1 heterocycles. The third kappa shape index (κ3) is 3.38. The molecule has 0 unspecified atom stereocenters. The maximum atomic E-state index is 10.3. The Bertz CT molecular complexity index is 1040. The van der Waals surface area contributed by atoms with Crippen LogP contribution in [0.15, 0.2) is 66.7 Å². The van der Waals surface area contributed by atoms with Crippen LogP contribution < -0.4 is 5.32 Å². The molecule has 3 aromatic rings. The molecule has 3 aromatic carbocycles. The van der Waals surface area contributed by atoms with Crippen LogP contribution in [-0.4, -0.2) is 16.2 Å². The first kappa shape index (κ1) is 17.8. The smallest absolute Gasteiger partial charge is 0.123 e. The van der Waals surface area contributed by atoms with Crippen LogP contribution in [0.5, 0.6) is 5.75 Å². The lowest BCUT2D eigenvalue weighted by atomic mass is 9.79. The van der Waals surface area contributed by atoms with E-state index in [-0.39, 0.29) is 11.1 Å². The molecule has 0 amide bonds.